The number of ether oxygens (including phenoxy) is 1. The van der Waals surface area contributed by atoms with E-state index in [9.17, 15) is 9.59 Å². The molecule has 1 aromatic heterocycles. The van der Waals surface area contributed by atoms with Crippen molar-refractivity contribution >= 4 is 12.3 Å². The van der Waals surface area contributed by atoms with E-state index in [0.29, 0.717) is 12.0 Å². The van der Waals surface area contributed by atoms with E-state index in [1.165, 1.54) is 6.26 Å². The van der Waals surface area contributed by atoms with Crippen molar-refractivity contribution in [1.82, 2.24) is 0 Å². The third-order valence-electron chi connectivity index (χ3n) is 1.61. The summed E-state index contributed by atoms with van der Waals surface area (Å²) in [6.45, 7) is 3.59. The van der Waals surface area contributed by atoms with Crippen LogP contribution in [0, 0.1) is 6.92 Å². The van der Waals surface area contributed by atoms with E-state index < -0.39 is 5.97 Å². The molecule has 0 saturated carbocycles. The van der Waals surface area contributed by atoms with Gasteiger partial charge in [-0.1, -0.05) is 0 Å². The van der Waals surface area contributed by atoms with Gasteiger partial charge in [0.1, 0.15) is 17.6 Å². The highest BCUT2D eigenvalue weighted by Gasteiger charge is 2.18. The highest BCUT2D eigenvalue weighted by molar-refractivity contribution is 5.98. The van der Waals surface area contributed by atoms with E-state index in [-0.39, 0.29) is 17.7 Å². The maximum Gasteiger partial charge on any atom is 0.342 e. The summed E-state index contributed by atoms with van der Waals surface area (Å²) in [5.74, 6) is -0.114. The molecule has 0 aromatic carbocycles. The maximum atomic E-state index is 11.3. The van der Waals surface area contributed by atoms with Crippen LogP contribution in [0.2, 0.25) is 0 Å². The molecular weight excluding hydrogens is 172 g/mol. The van der Waals surface area contributed by atoms with Crippen LogP contribution in [0.15, 0.2) is 10.7 Å². The van der Waals surface area contributed by atoms with Crippen molar-refractivity contribution in [2.75, 3.05) is 6.61 Å². The Morgan fingerprint density at radius 1 is 1.69 bits per heavy atom. The molecule has 70 valence electrons. The van der Waals surface area contributed by atoms with Crippen molar-refractivity contribution in [3.63, 3.8) is 0 Å². The van der Waals surface area contributed by atoms with E-state index in [1.54, 1.807) is 13.8 Å². The average Bonchev–Trinajstić information content (AvgIpc) is 2.47. The summed E-state index contributed by atoms with van der Waals surface area (Å²) < 4.78 is 9.67. The predicted molar refractivity (Wildman–Crippen MR) is 44.8 cm³/mol. The van der Waals surface area contributed by atoms with E-state index >= 15 is 0 Å². The zero-order valence-corrected chi connectivity index (χ0v) is 7.49. The topological polar surface area (TPSA) is 56.5 Å². The first-order chi connectivity index (χ1) is 6.20. The average molecular weight is 182 g/mol. The summed E-state index contributed by atoms with van der Waals surface area (Å²) in [5.41, 5.74) is 0.452. The van der Waals surface area contributed by atoms with Gasteiger partial charge in [-0.05, 0) is 13.8 Å². The fourth-order valence-electron chi connectivity index (χ4n) is 1.02. The lowest BCUT2D eigenvalue weighted by Crippen LogP contribution is -2.07. The molecule has 0 unspecified atom stereocenters. The van der Waals surface area contributed by atoms with E-state index in [1.807, 2.05) is 0 Å². The summed E-state index contributed by atoms with van der Waals surface area (Å²) in [6.07, 6.45) is 1.82. The molecule has 0 aliphatic carbocycles. The quantitative estimate of drug-likeness (QED) is 0.526. The molecule has 0 atom stereocenters. The summed E-state index contributed by atoms with van der Waals surface area (Å²) in [4.78, 5) is 21.7. The number of aryl methyl sites for hydroxylation is 1. The third-order valence-corrected chi connectivity index (χ3v) is 1.61. The Kier molecular flexibility index (Phi) is 2.84. The van der Waals surface area contributed by atoms with E-state index in [4.69, 9.17) is 9.15 Å². The first kappa shape index (κ1) is 9.51. The molecule has 0 bridgehead atoms. The number of hydrogen-bond donors (Lipinski definition) is 0. The minimum atomic E-state index is -0.518. The Hall–Kier alpha value is -1.58. The molecule has 0 saturated heterocycles. The van der Waals surface area contributed by atoms with Crippen molar-refractivity contribution in [2.24, 2.45) is 0 Å². The molecule has 4 nitrogen and oxygen atoms in total. The monoisotopic (exact) mass is 182 g/mol. The van der Waals surface area contributed by atoms with Crippen molar-refractivity contribution in [1.29, 1.82) is 0 Å². The maximum absolute atomic E-state index is 11.3. The second kappa shape index (κ2) is 3.89. The molecule has 0 spiro atoms. The lowest BCUT2D eigenvalue weighted by molar-refractivity contribution is 0.0522. The molecule has 4 heteroatoms. The van der Waals surface area contributed by atoms with Crippen LogP contribution >= 0.6 is 0 Å². The van der Waals surface area contributed by atoms with Crippen LogP contribution < -0.4 is 0 Å². The molecule has 0 amide bonds. The van der Waals surface area contributed by atoms with Crippen LogP contribution in [-0.4, -0.2) is 18.9 Å². The van der Waals surface area contributed by atoms with E-state index in [0.717, 1.165) is 0 Å². The highest BCUT2D eigenvalue weighted by atomic mass is 16.5. The Balaban J connectivity index is 3.03. The summed E-state index contributed by atoms with van der Waals surface area (Å²) in [6, 6.07) is 0. The largest absolute Gasteiger partial charge is 0.468 e. The summed E-state index contributed by atoms with van der Waals surface area (Å²) >= 11 is 0. The van der Waals surface area contributed by atoms with Crippen molar-refractivity contribution in [3.05, 3.63) is 23.2 Å². The second-order valence-electron chi connectivity index (χ2n) is 2.46. The SMILES string of the molecule is CCOC(=O)c1c(C=O)coc1C. The van der Waals surface area contributed by atoms with Gasteiger partial charge < -0.3 is 9.15 Å². The molecule has 0 radical (unpaired) electrons. The smallest absolute Gasteiger partial charge is 0.342 e. The van der Waals surface area contributed by atoms with Gasteiger partial charge in [-0.25, -0.2) is 4.79 Å². The fraction of sp³-hybridized carbons (Fsp3) is 0.333. The zero-order valence-electron chi connectivity index (χ0n) is 7.49. The van der Waals surface area contributed by atoms with Gasteiger partial charge in [-0.15, -0.1) is 0 Å². The molecule has 0 N–H and O–H groups in total. The van der Waals surface area contributed by atoms with Crippen molar-refractivity contribution in [3.8, 4) is 0 Å². The van der Waals surface area contributed by atoms with Gasteiger partial charge in [-0.3, -0.25) is 4.79 Å². The molecule has 1 rings (SSSR count). The normalized spacial score (nSPS) is 9.69. The number of carbonyl (C=O) groups excluding carboxylic acids is 2. The van der Waals surface area contributed by atoms with Gasteiger partial charge in [-0.2, -0.15) is 0 Å². The number of rotatable bonds is 3. The molecule has 0 fully saturated rings. The minimum absolute atomic E-state index is 0.219. The van der Waals surface area contributed by atoms with Gasteiger partial charge in [0.05, 0.1) is 12.2 Å². The van der Waals surface area contributed by atoms with Crippen LogP contribution in [0.4, 0.5) is 0 Å². The minimum Gasteiger partial charge on any atom is -0.468 e. The molecule has 13 heavy (non-hydrogen) atoms. The number of aldehydes is 1. The Morgan fingerprint density at radius 3 is 2.92 bits per heavy atom. The van der Waals surface area contributed by atoms with Crippen LogP contribution in [-0.2, 0) is 4.74 Å². The van der Waals surface area contributed by atoms with Crippen molar-refractivity contribution in [2.45, 2.75) is 13.8 Å². The van der Waals surface area contributed by atoms with Gasteiger partial charge >= 0.3 is 5.97 Å². The van der Waals surface area contributed by atoms with Crippen LogP contribution in [0.5, 0.6) is 0 Å². The Morgan fingerprint density at radius 2 is 2.38 bits per heavy atom. The summed E-state index contributed by atoms with van der Waals surface area (Å²) in [7, 11) is 0. The molecule has 0 aliphatic rings. The predicted octanol–water partition coefficient (Wildman–Crippen LogP) is 1.58. The fourth-order valence-corrected chi connectivity index (χ4v) is 1.02. The van der Waals surface area contributed by atoms with Gasteiger partial charge in [0.25, 0.3) is 0 Å². The van der Waals surface area contributed by atoms with Gasteiger partial charge in [0.2, 0.25) is 0 Å². The van der Waals surface area contributed by atoms with E-state index in [2.05, 4.69) is 0 Å². The summed E-state index contributed by atoms with van der Waals surface area (Å²) in [5, 5.41) is 0. The number of hydrogen-bond acceptors (Lipinski definition) is 4. The lowest BCUT2D eigenvalue weighted by Gasteiger charge is -1.99. The number of carbonyl (C=O) groups is 2. The molecule has 0 aliphatic heterocycles. The first-order valence-corrected chi connectivity index (χ1v) is 3.91. The Labute approximate surface area is 75.5 Å². The lowest BCUT2D eigenvalue weighted by atomic mass is 10.2. The molecular formula is C9H10O4. The highest BCUT2D eigenvalue weighted by Crippen LogP contribution is 2.15. The van der Waals surface area contributed by atoms with Crippen LogP contribution in [0.1, 0.15) is 33.4 Å². The third kappa shape index (κ3) is 1.77. The van der Waals surface area contributed by atoms with Gasteiger partial charge in [0, 0.05) is 0 Å². The Bertz CT molecular complexity index is 324. The van der Waals surface area contributed by atoms with Crippen molar-refractivity contribution < 1.29 is 18.7 Å². The second-order valence-corrected chi connectivity index (χ2v) is 2.46. The molecule has 1 aromatic rings. The first-order valence-electron chi connectivity index (χ1n) is 3.91. The van der Waals surface area contributed by atoms with Crippen LogP contribution in [0.25, 0.3) is 0 Å². The van der Waals surface area contributed by atoms with Gasteiger partial charge in [0.15, 0.2) is 6.29 Å². The zero-order chi connectivity index (χ0) is 9.84. The number of esters is 1. The number of furan rings is 1. The molecule has 1 heterocycles. The standard InChI is InChI=1S/C9H10O4/c1-3-12-9(11)8-6(2)13-5-7(8)4-10/h4-5H,3H2,1-2H3. The van der Waals surface area contributed by atoms with Crippen LogP contribution in [0.3, 0.4) is 0 Å².